The average Bonchev–Trinajstić information content (AvgIpc) is 2.43. The number of aromatic nitrogens is 1. The zero-order valence-corrected chi connectivity index (χ0v) is 17.5. The molecule has 0 saturated carbocycles. The van der Waals surface area contributed by atoms with Crippen molar-refractivity contribution in [1.29, 1.82) is 0 Å². The summed E-state index contributed by atoms with van der Waals surface area (Å²) in [6.45, 7) is 7.63. The van der Waals surface area contributed by atoms with Gasteiger partial charge in [0.25, 0.3) is 0 Å². The third-order valence-electron chi connectivity index (χ3n) is 3.26. The normalized spacial score (nSPS) is 13.2. The summed E-state index contributed by atoms with van der Waals surface area (Å²) in [5.41, 5.74) is 1.93. The van der Waals surface area contributed by atoms with Crippen LogP contribution in [0.3, 0.4) is 0 Å². The number of aryl methyl sites for hydroxylation is 1. The number of carbonyl (C=O) groups is 1. The lowest BCUT2D eigenvalue weighted by Gasteiger charge is -2.27. The molecule has 0 radical (unpaired) electrons. The van der Waals surface area contributed by atoms with Crippen LogP contribution < -0.4 is 0 Å². The second kappa shape index (κ2) is 7.03. The van der Waals surface area contributed by atoms with Gasteiger partial charge in [-0.3, -0.25) is 4.98 Å². The van der Waals surface area contributed by atoms with E-state index < -0.39 is 17.7 Å². The monoisotopic (exact) mass is 491 g/mol. The minimum atomic E-state index is -0.799. The Morgan fingerprint density at radius 1 is 1.35 bits per heavy atom. The number of halogens is 2. The summed E-state index contributed by atoms with van der Waals surface area (Å²) in [6, 6.07) is 5.91. The molecule has 23 heavy (non-hydrogen) atoms. The third kappa shape index (κ3) is 4.22. The van der Waals surface area contributed by atoms with E-state index in [1.165, 1.54) is 7.11 Å². The van der Waals surface area contributed by atoms with Crippen LogP contribution in [-0.4, -0.2) is 23.7 Å². The van der Waals surface area contributed by atoms with Crippen LogP contribution in [0, 0.1) is 10.5 Å². The maximum Gasteiger partial charge on any atom is 0.339 e. The molecule has 0 aliphatic carbocycles. The molecular formula is C17H19BrINO3. The quantitative estimate of drug-likeness (QED) is 0.450. The number of rotatable bonds is 3. The Morgan fingerprint density at radius 2 is 2.00 bits per heavy atom. The smallest absolute Gasteiger partial charge is 0.339 e. The van der Waals surface area contributed by atoms with E-state index in [4.69, 9.17) is 9.47 Å². The van der Waals surface area contributed by atoms with Gasteiger partial charge in [-0.2, -0.15) is 0 Å². The van der Waals surface area contributed by atoms with Gasteiger partial charge in [0.1, 0.15) is 0 Å². The van der Waals surface area contributed by atoms with Crippen molar-refractivity contribution in [3.8, 4) is 0 Å². The Kier molecular flexibility index (Phi) is 5.68. The predicted molar refractivity (Wildman–Crippen MR) is 102 cm³/mol. The van der Waals surface area contributed by atoms with E-state index in [9.17, 15) is 4.79 Å². The highest BCUT2D eigenvalue weighted by Crippen LogP contribution is 2.35. The Labute approximate surface area is 158 Å². The van der Waals surface area contributed by atoms with Crippen molar-refractivity contribution in [2.45, 2.75) is 39.4 Å². The van der Waals surface area contributed by atoms with Crippen molar-refractivity contribution >= 4 is 55.4 Å². The Balaban J connectivity index is 2.67. The molecule has 0 spiro atoms. The largest absolute Gasteiger partial charge is 0.467 e. The van der Waals surface area contributed by atoms with Crippen LogP contribution in [0.5, 0.6) is 0 Å². The molecule has 2 aromatic rings. The topological polar surface area (TPSA) is 48.4 Å². The molecule has 0 fully saturated rings. The van der Waals surface area contributed by atoms with Crippen molar-refractivity contribution in [1.82, 2.24) is 4.98 Å². The summed E-state index contributed by atoms with van der Waals surface area (Å²) >= 11 is 5.71. The number of esters is 1. The number of carbonyl (C=O) groups excluding carboxylic acids is 1. The summed E-state index contributed by atoms with van der Waals surface area (Å²) < 4.78 is 12.9. The molecule has 0 unspecified atom stereocenters. The number of fused-ring (bicyclic) bond motifs is 1. The molecular weight excluding hydrogens is 473 g/mol. The van der Waals surface area contributed by atoms with E-state index >= 15 is 0 Å². The number of methoxy groups -OCH3 is 1. The van der Waals surface area contributed by atoms with Gasteiger partial charge in [-0.15, -0.1) is 0 Å². The molecule has 1 heterocycles. The Morgan fingerprint density at radius 3 is 2.57 bits per heavy atom. The Hall–Kier alpha value is -0.730. The van der Waals surface area contributed by atoms with Gasteiger partial charge < -0.3 is 9.47 Å². The van der Waals surface area contributed by atoms with Crippen molar-refractivity contribution in [3.63, 3.8) is 0 Å². The van der Waals surface area contributed by atoms with E-state index in [2.05, 4.69) is 43.5 Å². The third-order valence-corrected chi connectivity index (χ3v) is 4.91. The van der Waals surface area contributed by atoms with E-state index in [0.29, 0.717) is 0 Å². The first kappa shape index (κ1) is 18.6. The van der Waals surface area contributed by atoms with Crippen LogP contribution in [0.2, 0.25) is 0 Å². The lowest BCUT2D eigenvalue weighted by Crippen LogP contribution is -2.29. The predicted octanol–water partition coefficient (Wildman–Crippen LogP) is 4.94. The van der Waals surface area contributed by atoms with Gasteiger partial charge in [0.2, 0.25) is 0 Å². The van der Waals surface area contributed by atoms with Crippen molar-refractivity contribution < 1.29 is 14.3 Å². The van der Waals surface area contributed by atoms with Crippen LogP contribution >= 0.6 is 38.5 Å². The molecule has 0 N–H and O–H groups in total. The van der Waals surface area contributed by atoms with E-state index in [1.54, 1.807) is 0 Å². The van der Waals surface area contributed by atoms with Gasteiger partial charge in [-0.1, -0.05) is 22.0 Å². The number of ether oxygens (including phenoxy) is 2. The fourth-order valence-corrected chi connectivity index (χ4v) is 3.80. The van der Waals surface area contributed by atoms with Crippen LogP contribution in [0.1, 0.15) is 38.1 Å². The lowest BCUT2D eigenvalue weighted by molar-refractivity contribution is -0.164. The van der Waals surface area contributed by atoms with Gasteiger partial charge in [0.15, 0.2) is 6.10 Å². The molecule has 124 valence electrons. The lowest BCUT2D eigenvalue weighted by atomic mass is 10.0. The van der Waals surface area contributed by atoms with Gasteiger partial charge in [0, 0.05) is 24.7 Å². The first-order valence-corrected chi connectivity index (χ1v) is 9.02. The second-order valence-corrected chi connectivity index (χ2v) is 8.21. The fraction of sp³-hybridized carbons (Fsp3) is 0.412. The van der Waals surface area contributed by atoms with Crippen LogP contribution in [0.4, 0.5) is 0 Å². The van der Waals surface area contributed by atoms with Crippen LogP contribution in [-0.2, 0) is 14.3 Å². The number of hydrogen-bond acceptors (Lipinski definition) is 4. The van der Waals surface area contributed by atoms with E-state index in [1.807, 2.05) is 45.9 Å². The molecule has 6 heteroatoms. The number of benzene rings is 1. The molecule has 0 amide bonds. The highest BCUT2D eigenvalue weighted by atomic mass is 127. The number of nitrogens with zero attached hydrogens (tertiary/aromatic N) is 1. The van der Waals surface area contributed by atoms with Gasteiger partial charge in [-0.25, -0.2) is 4.79 Å². The molecule has 2 rings (SSSR count). The molecule has 0 bridgehead atoms. The van der Waals surface area contributed by atoms with Gasteiger partial charge >= 0.3 is 5.97 Å². The molecule has 0 saturated heterocycles. The van der Waals surface area contributed by atoms with Gasteiger partial charge in [-0.05, 0) is 62.4 Å². The van der Waals surface area contributed by atoms with Crippen LogP contribution in [0.25, 0.3) is 10.9 Å². The fourth-order valence-electron chi connectivity index (χ4n) is 2.32. The SMILES string of the molecule is COC(=O)[C@@H](OC(C)(C)C)c1c(C)nc2cc(Br)ccc2c1I. The minimum absolute atomic E-state index is 0.417. The maximum absolute atomic E-state index is 12.3. The number of pyridine rings is 1. The van der Waals surface area contributed by atoms with Crippen LogP contribution in [0.15, 0.2) is 22.7 Å². The molecule has 0 aliphatic heterocycles. The number of hydrogen-bond donors (Lipinski definition) is 0. The zero-order valence-electron chi connectivity index (χ0n) is 13.7. The summed E-state index contributed by atoms with van der Waals surface area (Å²) in [5, 5.41) is 0.987. The zero-order chi connectivity index (χ0) is 17.4. The minimum Gasteiger partial charge on any atom is -0.467 e. The summed E-state index contributed by atoms with van der Waals surface area (Å²) in [6.07, 6.45) is -0.799. The Bertz CT molecular complexity index is 756. The maximum atomic E-state index is 12.3. The van der Waals surface area contributed by atoms with Gasteiger partial charge in [0.05, 0.1) is 18.2 Å². The molecule has 1 aromatic heterocycles. The van der Waals surface area contributed by atoms with Crippen molar-refractivity contribution in [2.24, 2.45) is 0 Å². The summed E-state index contributed by atoms with van der Waals surface area (Å²) in [5.74, 6) is -0.417. The summed E-state index contributed by atoms with van der Waals surface area (Å²) in [4.78, 5) is 16.9. The molecule has 0 aliphatic rings. The first-order chi connectivity index (χ1) is 10.6. The average molecular weight is 492 g/mol. The standard InChI is InChI=1S/C17H19BrINO3/c1-9-13(15(16(21)22-5)23-17(2,3)4)14(19)11-7-6-10(18)8-12(11)20-9/h6-8,15H,1-5H3/t15-/m0/s1. The summed E-state index contributed by atoms with van der Waals surface area (Å²) in [7, 11) is 1.37. The highest BCUT2D eigenvalue weighted by Gasteiger charge is 2.32. The highest BCUT2D eigenvalue weighted by molar-refractivity contribution is 14.1. The van der Waals surface area contributed by atoms with Crippen molar-refractivity contribution in [3.05, 3.63) is 37.5 Å². The van der Waals surface area contributed by atoms with E-state index in [-0.39, 0.29) is 0 Å². The molecule has 1 atom stereocenters. The van der Waals surface area contributed by atoms with Crippen molar-refractivity contribution in [2.75, 3.05) is 7.11 Å². The first-order valence-electron chi connectivity index (χ1n) is 7.15. The molecule has 4 nitrogen and oxygen atoms in total. The van der Waals surface area contributed by atoms with E-state index in [0.717, 1.165) is 30.2 Å². The molecule has 1 aromatic carbocycles. The second-order valence-electron chi connectivity index (χ2n) is 6.22.